The number of pyridine rings is 1. The Morgan fingerprint density at radius 1 is 1.12 bits per heavy atom. The molecule has 1 N–H and O–H groups in total. The van der Waals surface area contributed by atoms with Crippen molar-refractivity contribution in [3.63, 3.8) is 0 Å². The molecule has 1 aromatic heterocycles. The van der Waals surface area contributed by atoms with Crippen LogP contribution < -0.4 is 0 Å². The van der Waals surface area contributed by atoms with E-state index in [1.54, 1.807) is 37.3 Å². The third-order valence-corrected chi connectivity index (χ3v) is 4.11. The van der Waals surface area contributed by atoms with Crippen molar-refractivity contribution in [3.05, 3.63) is 70.6 Å². The van der Waals surface area contributed by atoms with Gasteiger partial charge in [0.05, 0.1) is 5.02 Å². The topological polar surface area (TPSA) is 50.2 Å². The quantitative estimate of drug-likeness (QED) is 0.679. The molecule has 0 atom stereocenters. The molecule has 120 valence electrons. The van der Waals surface area contributed by atoms with Crippen molar-refractivity contribution in [2.45, 2.75) is 6.92 Å². The lowest BCUT2D eigenvalue weighted by Gasteiger charge is -2.13. The zero-order valence-corrected chi connectivity index (χ0v) is 13.5. The fraction of sp³-hybridized carbons (Fsp3) is 0.0526. The van der Waals surface area contributed by atoms with Crippen LogP contribution in [0.1, 0.15) is 15.9 Å². The number of hydrogen-bond donors (Lipinski definition) is 1. The maximum absolute atomic E-state index is 15.2. The SMILES string of the molecule is Cc1cnc(-c2cccc(Cl)c2O)c(F)c1-c1ccccc1C=O. The molecule has 0 saturated heterocycles. The number of phenolic OH excluding ortho intramolecular Hbond substituents is 1. The second-order valence-electron chi connectivity index (χ2n) is 5.32. The first-order chi connectivity index (χ1) is 11.5. The molecule has 0 aliphatic rings. The number of nitrogens with zero attached hydrogens (tertiary/aromatic N) is 1. The van der Waals surface area contributed by atoms with Crippen LogP contribution in [0.4, 0.5) is 4.39 Å². The minimum Gasteiger partial charge on any atom is -0.506 e. The van der Waals surface area contributed by atoms with Gasteiger partial charge in [-0.2, -0.15) is 0 Å². The first-order valence-electron chi connectivity index (χ1n) is 7.22. The van der Waals surface area contributed by atoms with Crippen LogP contribution >= 0.6 is 11.6 Å². The molecule has 0 spiro atoms. The number of aldehydes is 1. The maximum Gasteiger partial charge on any atom is 0.157 e. The summed E-state index contributed by atoms with van der Waals surface area (Å²) in [5.41, 5.74) is 1.91. The van der Waals surface area contributed by atoms with E-state index in [-0.39, 0.29) is 27.6 Å². The van der Waals surface area contributed by atoms with Crippen LogP contribution in [0, 0.1) is 12.7 Å². The number of carbonyl (C=O) groups is 1. The summed E-state index contributed by atoms with van der Waals surface area (Å²) in [6.07, 6.45) is 2.20. The summed E-state index contributed by atoms with van der Waals surface area (Å²) in [7, 11) is 0. The van der Waals surface area contributed by atoms with E-state index < -0.39 is 5.82 Å². The van der Waals surface area contributed by atoms with Crippen molar-refractivity contribution in [1.82, 2.24) is 4.98 Å². The van der Waals surface area contributed by atoms with Crippen molar-refractivity contribution in [2.24, 2.45) is 0 Å². The minimum atomic E-state index is -0.609. The molecule has 24 heavy (non-hydrogen) atoms. The summed E-state index contributed by atoms with van der Waals surface area (Å²) >= 11 is 5.91. The smallest absolute Gasteiger partial charge is 0.157 e. The molecule has 0 bridgehead atoms. The van der Waals surface area contributed by atoms with Crippen LogP contribution in [-0.4, -0.2) is 16.4 Å². The van der Waals surface area contributed by atoms with Gasteiger partial charge in [0.15, 0.2) is 12.1 Å². The highest BCUT2D eigenvalue weighted by Gasteiger charge is 2.20. The maximum atomic E-state index is 15.2. The largest absolute Gasteiger partial charge is 0.506 e. The number of aromatic nitrogens is 1. The Bertz CT molecular complexity index is 941. The molecular formula is C19H13ClFNO2. The molecule has 0 aliphatic heterocycles. The first kappa shape index (κ1) is 16.1. The van der Waals surface area contributed by atoms with Gasteiger partial charge >= 0.3 is 0 Å². The van der Waals surface area contributed by atoms with E-state index in [2.05, 4.69) is 4.98 Å². The van der Waals surface area contributed by atoms with Gasteiger partial charge in [0.2, 0.25) is 0 Å². The number of hydrogen-bond acceptors (Lipinski definition) is 3. The predicted molar refractivity (Wildman–Crippen MR) is 91.9 cm³/mol. The number of rotatable bonds is 3. The zero-order chi connectivity index (χ0) is 17.3. The Morgan fingerprint density at radius 2 is 1.83 bits per heavy atom. The number of phenols is 1. The lowest BCUT2D eigenvalue weighted by Crippen LogP contribution is -1.99. The van der Waals surface area contributed by atoms with Crippen molar-refractivity contribution in [3.8, 4) is 28.1 Å². The highest BCUT2D eigenvalue weighted by molar-refractivity contribution is 6.32. The van der Waals surface area contributed by atoms with E-state index >= 15 is 4.39 Å². The van der Waals surface area contributed by atoms with Gasteiger partial charge < -0.3 is 5.11 Å². The second kappa shape index (κ2) is 6.42. The monoisotopic (exact) mass is 341 g/mol. The average molecular weight is 342 g/mol. The van der Waals surface area contributed by atoms with Gasteiger partial charge in [-0.25, -0.2) is 4.39 Å². The third kappa shape index (κ3) is 2.65. The first-order valence-corrected chi connectivity index (χ1v) is 7.60. The highest BCUT2D eigenvalue weighted by Crippen LogP contribution is 2.39. The molecule has 3 nitrogen and oxygen atoms in total. The van der Waals surface area contributed by atoms with Crippen molar-refractivity contribution in [1.29, 1.82) is 0 Å². The Hall–Kier alpha value is -2.72. The van der Waals surface area contributed by atoms with Crippen LogP contribution in [-0.2, 0) is 0 Å². The van der Waals surface area contributed by atoms with Crippen molar-refractivity contribution in [2.75, 3.05) is 0 Å². The van der Waals surface area contributed by atoms with Crippen LogP contribution in [0.3, 0.4) is 0 Å². The predicted octanol–water partition coefficient (Wildman–Crippen LogP) is 5.03. The Balaban J connectivity index is 2.30. The Morgan fingerprint density at radius 3 is 2.58 bits per heavy atom. The second-order valence-corrected chi connectivity index (χ2v) is 5.73. The van der Waals surface area contributed by atoms with Crippen LogP contribution in [0.2, 0.25) is 5.02 Å². The molecule has 0 unspecified atom stereocenters. The van der Waals surface area contributed by atoms with E-state index in [0.29, 0.717) is 23.0 Å². The van der Waals surface area contributed by atoms with Crippen LogP contribution in [0.5, 0.6) is 5.75 Å². The molecule has 0 fully saturated rings. The lowest BCUT2D eigenvalue weighted by atomic mass is 9.95. The Kier molecular flexibility index (Phi) is 4.32. The van der Waals surface area contributed by atoms with Crippen molar-refractivity contribution < 1.29 is 14.3 Å². The number of halogens is 2. The van der Waals surface area contributed by atoms with Gasteiger partial charge in [-0.05, 0) is 30.2 Å². The van der Waals surface area contributed by atoms with Gasteiger partial charge in [-0.3, -0.25) is 9.78 Å². The van der Waals surface area contributed by atoms with E-state index in [1.807, 2.05) is 0 Å². The molecule has 3 aromatic rings. The van der Waals surface area contributed by atoms with E-state index in [1.165, 1.54) is 18.3 Å². The molecule has 5 heteroatoms. The van der Waals surface area contributed by atoms with Gasteiger partial charge in [0.25, 0.3) is 0 Å². The fourth-order valence-electron chi connectivity index (χ4n) is 2.63. The number of para-hydroxylation sites is 1. The van der Waals surface area contributed by atoms with Gasteiger partial charge in [0.1, 0.15) is 11.4 Å². The van der Waals surface area contributed by atoms with Crippen molar-refractivity contribution >= 4 is 17.9 Å². The molecule has 0 amide bonds. The Labute approximate surface area is 143 Å². The molecule has 2 aromatic carbocycles. The van der Waals surface area contributed by atoms with E-state index in [9.17, 15) is 9.90 Å². The molecule has 0 radical (unpaired) electrons. The zero-order valence-electron chi connectivity index (χ0n) is 12.8. The lowest BCUT2D eigenvalue weighted by molar-refractivity contribution is 0.112. The fourth-order valence-corrected chi connectivity index (χ4v) is 2.80. The molecule has 1 heterocycles. The highest BCUT2D eigenvalue weighted by atomic mass is 35.5. The number of carbonyl (C=O) groups excluding carboxylic acids is 1. The van der Waals surface area contributed by atoms with Gasteiger partial charge in [-0.1, -0.05) is 41.9 Å². The average Bonchev–Trinajstić information content (AvgIpc) is 2.58. The van der Waals surface area contributed by atoms with E-state index in [4.69, 9.17) is 11.6 Å². The van der Waals surface area contributed by atoms with Crippen LogP contribution in [0.25, 0.3) is 22.4 Å². The number of aromatic hydroxyl groups is 1. The number of aryl methyl sites for hydroxylation is 1. The minimum absolute atomic E-state index is 0.0173. The van der Waals surface area contributed by atoms with Gasteiger partial charge in [0, 0.05) is 22.9 Å². The third-order valence-electron chi connectivity index (χ3n) is 3.81. The molecule has 0 aliphatic carbocycles. The number of benzene rings is 2. The summed E-state index contributed by atoms with van der Waals surface area (Å²) in [5, 5.41) is 10.2. The summed E-state index contributed by atoms with van der Waals surface area (Å²) in [6, 6.07) is 11.4. The summed E-state index contributed by atoms with van der Waals surface area (Å²) in [5.74, 6) is -0.842. The standard InChI is InChI=1S/C19H13ClFNO2/c1-11-9-22-18(14-7-4-8-15(20)19(14)24)17(21)16(11)13-6-3-2-5-12(13)10-23/h2-10,24H,1H3. The summed E-state index contributed by atoms with van der Waals surface area (Å²) < 4.78 is 15.2. The molecule has 0 saturated carbocycles. The van der Waals surface area contributed by atoms with E-state index in [0.717, 1.165) is 0 Å². The van der Waals surface area contributed by atoms with Crippen LogP contribution in [0.15, 0.2) is 48.7 Å². The molecule has 3 rings (SSSR count). The molecular weight excluding hydrogens is 329 g/mol. The summed E-state index contributed by atoms with van der Waals surface area (Å²) in [4.78, 5) is 15.4. The summed E-state index contributed by atoms with van der Waals surface area (Å²) in [6.45, 7) is 1.72. The van der Waals surface area contributed by atoms with Gasteiger partial charge in [-0.15, -0.1) is 0 Å². The normalized spacial score (nSPS) is 10.6.